The number of nitrogens with zero attached hydrogens (tertiary/aromatic N) is 2. The fourth-order valence-electron chi connectivity index (χ4n) is 10.9. The Morgan fingerprint density at radius 1 is 0.641 bits per heavy atom. The summed E-state index contributed by atoms with van der Waals surface area (Å²) in [5, 5.41) is 10.7. The lowest BCUT2D eigenvalue weighted by atomic mass is 9.95. The van der Waals surface area contributed by atoms with Gasteiger partial charge in [-0.25, -0.2) is 0 Å². The summed E-state index contributed by atoms with van der Waals surface area (Å²) < 4.78 is 3.88. The summed E-state index contributed by atoms with van der Waals surface area (Å²) in [5.41, 5.74) is 8.89. The Morgan fingerprint density at radius 2 is 1.25 bits per heavy atom. The molecule has 0 saturated heterocycles. The molecule has 3 aliphatic rings. The molecule has 7 aromatic carbocycles. The van der Waals surface area contributed by atoms with Gasteiger partial charge in [0.2, 0.25) is 0 Å². The lowest BCUT2D eigenvalue weighted by Gasteiger charge is -2.36. The van der Waals surface area contributed by atoms with Crippen LogP contribution in [0, 0.1) is 0 Å². The van der Waals surface area contributed by atoms with E-state index in [1.807, 2.05) is 17.4 Å². The Morgan fingerprint density at radius 3 is 1.92 bits per heavy atom. The van der Waals surface area contributed by atoms with Crippen LogP contribution in [0.15, 0.2) is 225 Å². The van der Waals surface area contributed by atoms with Crippen molar-refractivity contribution in [1.82, 2.24) is 4.57 Å². The minimum atomic E-state index is -2.68. The highest BCUT2D eigenvalue weighted by molar-refractivity contribution is 7.20. The van der Waals surface area contributed by atoms with E-state index < -0.39 is 8.07 Å². The van der Waals surface area contributed by atoms with Crippen molar-refractivity contribution in [1.29, 1.82) is 0 Å². The highest BCUT2D eigenvalue weighted by Gasteiger charge is 2.41. The maximum atomic E-state index is 4.10. The number of fused-ring (bicyclic) bond motifs is 8. The highest BCUT2D eigenvalue weighted by Crippen LogP contribution is 2.40. The molecule has 0 radical (unpaired) electrons. The Balaban J connectivity index is 0.972. The molecule has 2 nitrogen and oxygen atoms in total. The van der Waals surface area contributed by atoms with Crippen molar-refractivity contribution in [2.75, 3.05) is 4.90 Å². The highest BCUT2D eigenvalue weighted by atomic mass is 32.1. The second kappa shape index (κ2) is 15.8. The van der Waals surface area contributed by atoms with Crippen LogP contribution in [0.2, 0.25) is 0 Å². The quantitative estimate of drug-likeness (QED) is 0.104. The number of hydrogen-bond donors (Lipinski definition) is 0. The molecule has 0 saturated carbocycles. The van der Waals surface area contributed by atoms with E-state index in [0.717, 1.165) is 12.8 Å². The van der Waals surface area contributed by atoms with Crippen LogP contribution in [0.1, 0.15) is 22.9 Å². The Bertz CT molecular complexity index is 3350. The minimum absolute atomic E-state index is 0.128. The molecule has 0 fully saturated rings. The molecule has 2 aliphatic carbocycles. The van der Waals surface area contributed by atoms with Crippen molar-refractivity contribution >= 4 is 90.7 Å². The summed E-state index contributed by atoms with van der Waals surface area (Å²) >= 11 is 1.90. The van der Waals surface area contributed by atoms with E-state index in [4.69, 9.17) is 0 Å². The zero-order valence-electron chi connectivity index (χ0n) is 35.5. The van der Waals surface area contributed by atoms with E-state index in [1.165, 1.54) is 90.8 Å². The first-order valence-electron chi connectivity index (χ1n) is 22.4. The van der Waals surface area contributed by atoms with Crippen LogP contribution in [-0.4, -0.2) is 18.7 Å². The van der Waals surface area contributed by atoms with Crippen LogP contribution in [0.25, 0.3) is 50.3 Å². The molecule has 1 aliphatic heterocycles. The number of anilines is 2. The number of benzene rings is 7. The average molecular weight is 855 g/mol. The van der Waals surface area contributed by atoms with Gasteiger partial charge in [-0.2, -0.15) is 0 Å². The van der Waals surface area contributed by atoms with Gasteiger partial charge >= 0.3 is 0 Å². The molecule has 64 heavy (non-hydrogen) atoms. The van der Waals surface area contributed by atoms with Crippen molar-refractivity contribution < 1.29 is 0 Å². The first kappa shape index (κ1) is 38.4. The maximum Gasteiger partial charge on any atom is 0.179 e. The van der Waals surface area contributed by atoms with Gasteiger partial charge in [0.1, 0.15) is 0 Å². The Hall–Kier alpha value is -7.24. The molecule has 0 spiro atoms. The SMILES string of the molecule is C=CC=c1c2n(c3ccc(-c4ccc(N(c5ccc([Si](c6ccccc6)(c6ccccc6)c6ccccc6)cc5)C5C=Cc6sc7ccccc7c6C5)cc4)cc13)C1CC=CC=C1C=2. The summed E-state index contributed by atoms with van der Waals surface area (Å²) in [6.07, 6.45) is 19.9. The minimum Gasteiger partial charge on any atom is -0.334 e. The molecule has 306 valence electrons. The largest absolute Gasteiger partial charge is 0.334 e. The molecule has 0 bridgehead atoms. The lowest BCUT2D eigenvalue weighted by Crippen LogP contribution is -2.74. The smallest absolute Gasteiger partial charge is 0.179 e. The predicted molar refractivity (Wildman–Crippen MR) is 277 cm³/mol. The first-order chi connectivity index (χ1) is 31.7. The normalized spacial score (nSPS) is 16.6. The van der Waals surface area contributed by atoms with Crippen molar-refractivity contribution in [3.63, 3.8) is 0 Å². The van der Waals surface area contributed by atoms with Crippen LogP contribution >= 0.6 is 11.3 Å². The van der Waals surface area contributed by atoms with Crippen LogP contribution in [-0.2, 0) is 6.42 Å². The van der Waals surface area contributed by atoms with Crippen LogP contribution in [0.4, 0.5) is 11.4 Å². The monoisotopic (exact) mass is 854 g/mol. The molecule has 2 atom stereocenters. The molecule has 9 aromatic rings. The Kier molecular flexibility index (Phi) is 9.51. The number of thiophene rings is 1. The molecule has 4 heteroatoms. The van der Waals surface area contributed by atoms with E-state index in [9.17, 15) is 0 Å². The molecular weight excluding hydrogens is 809 g/mol. The zero-order chi connectivity index (χ0) is 42.6. The van der Waals surface area contributed by atoms with Gasteiger partial charge in [0, 0.05) is 37.1 Å². The molecule has 12 rings (SSSR count). The van der Waals surface area contributed by atoms with E-state index in [2.05, 4.69) is 241 Å². The lowest BCUT2D eigenvalue weighted by molar-refractivity contribution is 0.618. The van der Waals surface area contributed by atoms with Gasteiger partial charge in [0.25, 0.3) is 0 Å². The molecule has 3 heterocycles. The van der Waals surface area contributed by atoms with E-state index in [1.54, 1.807) is 0 Å². The molecule has 0 N–H and O–H groups in total. The van der Waals surface area contributed by atoms with Gasteiger partial charge < -0.3 is 9.47 Å². The average Bonchev–Trinajstić information content (AvgIpc) is 4.02. The molecular formula is C60H46N2SSi. The van der Waals surface area contributed by atoms with Crippen molar-refractivity contribution in [3.05, 3.63) is 246 Å². The number of aromatic nitrogens is 1. The van der Waals surface area contributed by atoms with Gasteiger partial charge in [0.05, 0.1) is 17.4 Å². The summed E-state index contributed by atoms with van der Waals surface area (Å²) in [5.74, 6) is 0. The van der Waals surface area contributed by atoms with Crippen molar-refractivity contribution in [2.24, 2.45) is 0 Å². The summed E-state index contributed by atoms with van der Waals surface area (Å²) in [6.45, 7) is 4.10. The fourth-order valence-corrected chi connectivity index (χ4v) is 16.8. The second-order valence-electron chi connectivity index (χ2n) is 17.2. The maximum absolute atomic E-state index is 4.10. The third-order valence-electron chi connectivity index (χ3n) is 13.8. The van der Waals surface area contributed by atoms with Crippen molar-refractivity contribution in [3.8, 4) is 11.1 Å². The second-order valence-corrected chi connectivity index (χ2v) is 22.1. The topological polar surface area (TPSA) is 8.17 Å². The van der Waals surface area contributed by atoms with E-state index >= 15 is 0 Å². The number of hydrogen-bond acceptors (Lipinski definition) is 2. The molecule has 0 amide bonds. The van der Waals surface area contributed by atoms with Crippen LogP contribution in [0.5, 0.6) is 0 Å². The standard InChI is InChI=1S/C60H46N2SSi/c1-2-16-52-54-39-43(29-37-57(54)62-56-25-14-12-17-44(56)40-58(52)62)42-27-30-45(31-28-42)61(47-34-38-60-55(41-47)53-24-13-15-26-59(53)63-60)46-32-35-51(36-33-46)64(48-18-6-3-7-19-48,49-20-8-4-9-21-49)50-22-10-5-11-23-50/h2-24,26-40,47,56H,1,25,41H2. The van der Waals surface area contributed by atoms with E-state index in [0.29, 0.717) is 6.04 Å². The number of allylic oxidation sites excluding steroid dienone is 5. The van der Waals surface area contributed by atoms with Gasteiger partial charge in [0.15, 0.2) is 8.07 Å². The summed E-state index contributed by atoms with van der Waals surface area (Å²) in [6, 6.07) is 68.9. The number of rotatable bonds is 9. The third-order valence-corrected chi connectivity index (χ3v) is 19.7. The van der Waals surface area contributed by atoms with E-state index in [-0.39, 0.29) is 6.04 Å². The zero-order valence-corrected chi connectivity index (χ0v) is 37.3. The Labute approximate surface area is 379 Å². The molecule has 2 aromatic heterocycles. The van der Waals surface area contributed by atoms with Gasteiger partial charge in [-0.1, -0.05) is 183 Å². The predicted octanol–water partition coefficient (Wildman–Crippen LogP) is 10.9. The summed E-state index contributed by atoms with van der Waals surface area (Å²) in [4.78, 5) is 3.94. The van der Waals surface area contributed by atoms with Gasteiger partial charge in [-0.15, -0.1) is 11.3 Å². The molecule has 2 unspecified atom stereocenters. The van der Waals surface area contributed by atoms with Gasteiger partial charge in [-0.3, -0.25) is 0 Å². The summed E-state index contributed by atoms with van der Waals surface area (Å²) in [7, 11) is -2.68. The van der Waals surface area contributed by atoms with Crippen molar-refractivity contribution in [2.45, 2.75) is 24.9 Å². The third kappa shape index (κ3) is 6.20. The first-order valence-corrected chi connectivity index (χ1v) is 25.2. The fraction of sp³-hybridized carbons (Fsp3) is 0.0667. The van der Waals surface area contributed by atoms with Crippen LogP contribution in [0.3, 0.4) is 0 Å². The van der Waals surface area contributed by atoms with Gasteiger partial charge in [-0.05, 0) is 116 Å². The van der Waals surface area contributed by atoms with Crippen LogP contribution < -0.4 is 36.2 Å².